The lowest BCUT2D eigenvalue weighted by Crippen LogP contribution is -2.44. The lowest BCUT2D eigenvalue weighted by Gasteiger charge is -2.32. The Balaban J connectivity index is 3.08. The Morgan fingerprint density at radius 2 is 1.82 bits per heavy atom. The van der Waals surface area contributed by atoms with Crippen molar-refractivity contribution in [3.05, 3.63) is 11.5 Å². The van der Waals surface area contributed by atoms with Crippen molar-refractivity contribution in [1.29, 1.82) is 0 Å². The number of rotatable bonds is 8. The van der Waals surface area contributed by atoms with E-state index < -0.39 is 25.1 Å². The van der Waals surface area contributed by atoms with Crippen LogP contribution in [0.25, 0.3) is 0 Å². The summed E-state index contributed by atoms with van der Waals surface area (Å²) >= 11 is 0. The minimum atomic E-state index is -3.40. The second kappa shape index (κ2) is 7.49. The molecule has 7 nitrogen and oxygen atoms in total. The number of hydrogen-bond acceptors (Lipinski definition) is 7. The summed E-state index contributed by atoms with van der Waals surface area (Å²) in [4.78, 5) is 12.2. The molecule has 0 amide bonds. The van der Waals surface area contributed by atoms with Crippen molar-refractivity contribution >= 4 is 13.6 Å². The van der Waals surface area contributed by atoms with E-state index in [0.717, 1.165) is 0 Å². The first-order valence-corrected chi connectivity index (χ1v) is 9.15. The van der Waals surface area contributed by atoms with Gasteiger partial charge in [-0.25, -0.2) is 0 Å². The summed E-state index contributed by atoms with van der Waals surface area (Å²) in [6, 6.07) is 0. The number of allylic oxidation sites excluding steroid dienone is 1. The molecule has 1 aliphatic rings. The smallest absolute Gasteiger partial charge is 0.334 e. The highest BCUT2D eigenvalue weighted by Gasteiger charge is 2.53. The summed E-state index contributed by atoms with van der Waals surface area (Å²) in [7, 11) is -3.40. The number of carbonyl (C=O) groups excluding carboxylic acids is 1. The van der Waals surface area contributed by atoms with Gasteiger partial charge >= 0.3 is 13.6 Å². The molecule has 0 radical (unpaired) electrons. The maximum Gasteiger partial charge on any atom is 0.334 e. The molecule has 2 N–H and O–H groups in total. The van der Waals surface area contributed by atoms with E-state index in [0.29, 0.717) is 11.5 Å². The van der Waals surface area contributed by atoms with Gasteiger partial charge in [0.25, 0.3) is 0 Å². The molecule has 1 aliphatic heterocycles. The zero-order valence-electron chi connectivity index (χ0n) is 13.9. The average Bonchev–Trinajstić information content (AvgIpc) is 2.59. The van der Waals surface area contributed by atoms with Crippen LogP contribution in [0.15, 0.2) is 11.5 Å². The molecule has 22 heavy (non-hydrogen) atoms. The van der Waals surface area contributed by atoms with Crippen molar-refractivity contribution in [3.63, 3.8) is 0 Å². The Morgan fingerprint density at radius 3 is 2.27 bits per heavy atom. The van der Waals surface area contributed by atoms with Gasteiger partial charge in [-0.3, -0.25) is 9.36 Å². The Kier molecular flexibility index (Phi) is 6.47. The molecule has 2 atom stereocenters. The van der Waals surface area contributed by atoms with E-state index in [1.165, 1.54) is 0 Å². The topological polar surface area (TPSA) is 97.1 Å². The van der Waals surface area contributed by atoms with E-state index in [4.69, 9.17) is 24.3 Å². The maximum absolute atomic E-state index is 12.8. The van der Waals surface area contributed by atoms with Gasteiger partial charge in [0, 0.05) is 0 Å². The van der Waals surface area contributed by atoms with Crippen LogP contribution in [0.5, 0.6) is 0 Å². The monoisotopic (exact) mass is 335 g/mol. The van der Waals surface area contributed by atoms with Crippen molar-refractivity contribution < 1.29 is 27.9 Å². The number of esters is 1. The molecule has 0 saturated carbocycles. The standard InChI is InChI=1S/C14H26NO6P/c1-6-18-13(16)11-12(15)10(4)21-14(11,5)9-22(17,19-7-2)20-8-3/h11H,6-9,15H2,1-5H3. The predicted molar refractivity (Wildman–Crippen MR) is 82.2 cm³/mol. The molecule has 0 aromatic rings. The quantitative estimate of drug-likeness (QED) is 0.537. The van der Waals surface area contributed by atoms with Crippen LogP contribution in [0.2, 0.25) is 0 Å². The van der Waals surface area contributed by atoms with Gasteiger partial charge in [-0.05, 0) is 34.6 Å². The van der Waals surface area contributed by atoms with Gasteiger partial charge in [-0.15, -0.1) is 0 Å². The Bertz CT molecular complexity index is 482. The summed E-state index contributed by atoms with van der Waals surface area (Å²) in [5.74, 6) is -0.902. The fourth-order valence-corrected chi connectivity index (χ4v) is 4.69. The van der Waals surface area contributed by atoms with Gasteiger partial charge in [0.1, 0.15) is 17.3 Å². The van der Waals surface area contributed by atoms with Crippen LogP contribution in [-0.4, -0.2) is 37.6 Å². The molecule has 0 fully saturated rings. The average molecular weight is 335 g/mol. The third kappa shape index (κ3) is 4.03. The number of nitrogens with two attached hydrogens (primary N) is 1. The number of hydrogen-bond donors (Lipinski definition) is 1. The van der Waals surface area contributed by atoms with Gasteiger partial charge in [0.2, 0.25) is 0 Å². The maximum atomic E-state index is 12.8. The predicted octanol–water partition coefficient (Wildman–Crippen LogP) is 2.41. The molecule has 128 valence electrons. The van der Waals surface area contributed by atoms with E-state index in [-0.39, 0.29) is 26.0 Å². The molecule has 0 aromatic carbocycles. The Labute approximate surface area is 131 Å². The van der Waals surface area contributed by atoms with Crippen LogP contribution in [0.4, 0.5) is 0 Å². The van der Waals surface area contributed by atoms with Gasteiger partial charge < -0.3 is 24.3 Å². The summed E-state index contributed by atoms with van der Waals surface area (Å²) in [6.07, 6.45) is -0.0802. The highest BCUT2D eigenvalue weighted by atomic mass is 31.2. The van der Waals surface area contributed by atoms with E-state index in [1.807, 2.05) is 0 Å². The minimum absolute atomic E-state index is 0.0802. The van der Waals surface area contributed by atoms with Crippen molar-refractivity contribution in [3.8, 4) is 0 Å². The first-order chi connectivity index (χ1) is 10.2. The van der Waals surface area contributed by atoms with Crippen LogP contribution >= 0.6 is 7.60 Å². The zero-order valence-corrected chi connectivity index (χ0v) is 14.8. The van der Waals surface area contributed by atoms with Crippen LogP contribution < -0.4 is 5.73 Å². The van der Waals surface area contributed by atoms with Gasteiger partial charge in [0.15, 0.2) is 0 Å². The molecule has 1 rings (SSSR count). The highest BCUT2D eigenvalue weighted by molar-refractivity contribution is 7.53. The summed E-state index contributed by atoms with van der Waals surface area (Å²) < 4.78 is 34.2. The molecule has 1 heterocycles. The SMILES string of the molecule is CCOC(=O)C1C(N)=C(C)OC1(C)CP(=O)(OCC)OCC. The molecule has 0 bridgehead atoms. The second-order valence-electron chi connectivity index (χ2n) is 5.22. The fourth-order valence-electron chi connectivity index (χ4n) is 2.63. The lowest BCUT2D eigenvalue weighted by molar-refractivity contribution is -0.152. The minimum Gasteiger partial charge on any atom is -0.488 e. The summed E-state index contributed by atoms with van der Waals surface area (Å²) in [5, 5.41) is 0. The Morgan fingerprint density at radius 1 is 1.27 bits per heavy atom. The van der Waals surface area contributed by atoms with Crippen molar-refractivity contribution in [2.45, 2.75) is 40.2 Å². The van der Waals surface area contributed by atoms with Gasteiger partial charge in [0.05, 0.1) is 31.7 Å². The van der Waals surface area contributed by atoms with E-state index in [1.54, 1.807) is 34.6 Å². The van der Waals surface area contributed by atoms with Crippen molar-refractivity contribution in [2.75, 3.05) is 26.0 Å². The van der Waals surface area contributed by atoms with Crippen molar-refractivity contribution in [1.82, 2.24) is 0 Å². The molecule has 0 spiro atoms. The summed E-state index contributed by atoms with van der Waals surface area (Å²) in [5.41, 5.74) is 5.15. The number of ether oxygens (including phenoxy) is 2. The van der Waals surface area contributed by atoms with Crippen molar-refractivity contribution in [2.24, 2.45) is 11.7 Å². The molecular weight excluding hydrogens is 309 g/mol. The third-order valence-corrected chi connectivity index (χ3v) is 5.71. The van der Waals surface area contributed by atoms with Crippen LogP contribution in [-0.2, 0) is 27.9 Å². The largest absolute Gasteiger partial charge is 0.488 e. The molecule has 0 aliphatic carbocycles. The number of carbonyl (C=O) groups is 1. The van der Waals surface area contributed by atoms with E-state index >= 15 is 0 Å². The first kappa shape index (κ1) is 19.0. The van der Waals surface area contributed by atoms with E-state index in [9.17, 15) is 9.36 Å². The fraction of sp³-hybridized carbons (Fsp3) is 0.786. The first-order valence-electron chi connectivity index (χ1n) is 7.43. The highest BCUT2D eigenvalue weighted by Crippen LogP contribution is 2.54. The molecule has 2 unspecified atom stereocenters. The van der Waals surface area contributed by atoms with E-state index in [2.05, 4.69) is 0 Å². The summed E-state index contributed by atoms with van der Waals surface area (Å²) in [6.45, 7) is 9.20. The molecule has 8 heteroatoms. The van der Waals surface area contributed by atoms with Crippen LogP contribution in [0.3, 0.4) is 0 Å². The normalized spacial score (nSPS) is 25.2. The van der Waals surface area contributed by atoms with Gasteiger partial charge in [-0.2, -0.15) is 0 Å². The van der Waals surface area contributed by atoms with Crippen LogP contribution in [0.1, 0.15) is 34.6 Å². The molecule has 0 saturated heterocycles. The third-order valence-electron chi connectivity index (χ3n) is 3.40. The second-order valence-corrected chi connectivity index (χ2v) is 7.27. The van der Waals surface area contributed by atoms with Gasteiger partial charge in [-0.1, -0.05) is 0 Å². The lowest BCUT2D eigenvalue weighted by atomic mass is 9.90. The zero-order chi connectivity index (χ0) is 17.0. The molecular formula is C14H26NO6P. The molecule has 0 aromatic heterocycles. The van der Waals surface area contributed by atoms with Crippen LogP contribution in [0, 0.1) is 5.92 Å². The Hall–Kier alpha value is -1.04.